The number of H-pyrrole nitrogens is 1. The minimum atomic E-state index is -0.475. The Labute approximate surface area is 88.9 Å². The summed E-state index contributed by atoms with van der Waals surface area (Å²) >= 11 is 0. The smallest absolute Gasteiger partial charge is 0.0730 e. The van der Waals surface area contributed by atoms with Crippen LogP contribution in [-0.2, 0) is 0 Å². The third-order valence-corrected chi connectivity index (χ3v) is 2.80. The van der Waals surface area contributed by atoms with Crippen molar-refractivity contribution in [2.45, 2.75) is 25.5 Å². The van der Waals surface area contributed by atoms with Gasteiger partial charge in [-0.3, -0.25) is 0 Å². The van der Waals surface area contributed by atoms with Crippen molar-refractivity contribution in [1.29, 1.82) is 0 Å². The molecule has 3 heteroatoms. The number of nitrogens with two attached hydrogens (primary N) is 1. The molecule has 0 spiro atoms. The van der Waals surface area contributed by atoms with Gasteiger partial charge in [-0.2, -0.15) is 0 Å². The minimum absolute atomic E-state index is 0.303. The SMILES string of the molecule is CC[C@@H](O)[C@@H](N)c1ccc2cc[nH]c2c1. The van der Waals surface area contributed by atoms with Gasteiger partial charge in [-0.15, -0.1) is 0 Å². The maximum atomic E-state index is 9.67. The molecular weight excluding hydrogens is 188 g/mol. The highest BCUT2D eigenvalue weighted by Crippen LogP contribution is 2.21. The second-order valence-electron chi connectivity index (χ2n) is 3.83. The van der Waals surface area contributed by atoms with Gasteiger partial charge < -0.3 is 15.8 Å². The minimum Gasteiger partial charge on any atom is -0.391 e. The van der Waals surface area contributed by atoms with Crippen LogP contribution in [-0.4, -0.2) is 16.2 Å². The van der Waals surface area contributed by atoms with Crippen LogP contribution >= 0.6 is 0 Å². The zero-order valence-corrected chi connectivity index (χ0v) is 8.77. The molecule has 0 bridgehead atoms. The van der Waals surface area contributed by atoms with E-state index in [1.807, 2.05) is 37.4 Å². The van der Waals surface area contributed by atoms with Crippen molar-refractivity contribution in [2.24, 2.45) is 5.73 Å². The number of benzene rings is 1. The Kier molecular flexibility index (Phi) is 2.75. The first-order valence-electron chi connectivity index (χ1n) is 5.23. The molecule has 1 aromatic carbocycles. The lowest BCUT2D eigenvalue weighted by atomic mass is 10.00. The molecule has 1 aromatic heterocycles. The Bertz CT molecular complexity index is 450. The fourth-order valence-corrected chi connectivity index (χ4v) is 1.75. The van der Waals surface area contributed by atoms with Crippen molar-refractivity contribution >= 4 is 10.9 Å². The Morgan fingerprint density at radius 2 is 2.20 bits per heavy atom. The lowest BCUT2D eigenvalue weighted by Crippen LogP contribution is -2.25. The van der Waals surface area contributed by atoms with Crippen LogP contribution in [0.2, 0.25) is 0 Å². The maximum absolute atomic E-state index is 9.67. The van der Waals surface area contributed by atoms with E-state index in [4.69, 9.17) is 5.73 Å². The predicted octanol–water partition coefficient (Wildman–Crippen LogP) is 1.94. The summed E-state index contributed by atoms with van der Waals surface area (Å²) in [6.45, 7) is 1.93. The number of aromatic amines is 1. The largest absolute Gasteiger partial charge is 0.391 e. The molecule has 0 saturated carbocycles. The van der Waals surface area contributed by atoms with E-state index in [1.54, 1.807) is 0 Å². The Morgan fingerprint density at radius 1 is 1.40 bits per heavy atom. The summed E-state index contributed by atoms with van der Waals surface area (Å²) in [6.07, 6.45) is 2.09. The first kappa shape index (κ1) is 10.2. The molecule has 0 amide bonds. The van der Waals surface area contributed by atoms with Gasteiger partial charge in [-0.1, -0.05) is 19.1 Å². The van der Waals surface area contributed by atoms with Crippen LogP contribution in [0.5, 0.6) is 0 Å². The molecule has 0 radical (unpaired) electrons. The summed E-state index contributed by atoms with van der Waals surface area (Å²) in [4.78, 5) is 3.13. The van der Waals surface area contributed by atoms with Crippen molar-refractivity contribution in [3.8, 4) is 0 Å². The number of aliphatic hydroxyl groups is 1. The third-order valence-electron chi connectivity index (χ3n) is 2.80. The Morgan fingerprint density at radius 3 is 2.93 bits per heavy atom. The highest BCUT2D eigenvalue weighted by atomic mass is 16.3. The van der Waals surface area contributed by atoms with E-state index in [0.29, 0.717) is 6.42 Å². The van der Waals surface area contributed by atoms with Crippen molar-refractivity contribution in [3.63, 3.8) is 0 Å². The fourth-order valence-electron chi connectivity index (χ4n) is 1.75. The summed E-state index contributed by atoms with van der Waals surface area (Å²) in [5.74, 6) is 0. The van der Waals surface area contributed by atoms with Crippen LogP contribution < -0.4 is 5.73 Å². The molecule has 80 valence electrons. The number of fused-ring (bicyclic) bond motifs is 1. The molecule has 4 N–H and O–H groups in total. The average molecular weight is 204 g/mol. The zero-order chi connectivity index (χ0) is 10.8. The van der Waals surface area contributed by atoms with Crippen molar-refractivity contribution in [3.05, 3.63) is 36.0 Å². The Balaban J connectivity index is 2.35. The highest BCUT2D eigenvalue weighted by Gasteiger charge is 2.14. The first-order valence-corrected chi connectivity index (χ1v) is 5.23. The molecule has 0 saturated heterocycles. The molecule has 0 fully saturated rings. The molecule has 2 rings (SSSR count). The van der Waals surface area contributed by atoms with E-state index >= 15 is 0 Å². The van der Waals surface area contributed by atoms with E-state index < -0.39 is 6.10 Å². The standard InChI is InChI=1S/C12H16N2O/c1-2-11(15)12(13)9-4-3-8-5-6-14-10(8)7-9/h3-7,11-12,14-15H,2,13H2,1H3/t11-,12+/m1/s1. The van der Waals surface area contributed by atoms with Gasteiger partial charge in [0.05, 0.1) is 12.1 Å². The van der Waals surface area contributed by atoms with Crippen LogP contribution in [0.3, 0.4) is 0 Å². The van der Waals surface area contributed by atoms with Gasteiger partial charge in [0.15, 0.2) is 0 Å². The van der Waals surface area contributed by atoms with Gasteiger partial charge in [-0.25, -0.2) is 0 Å². The topological polar surface area (TPSA) is 62.0 Å². The lowest BCUT2D eigenvalue weighted by molar-refractivity contribution is 0.141. The number of aromatic nitrogens is 1. The normalized spacial score (nSPS) is 15.4. The molecule has 0 aliphatic heterocycles. The quantitative estimate of drug-likeness (QED) is 0.715. The van der Waals surface area contributed by atoms with Crippen molar-refractivity contribution < 1.29 is 5.11 Å². The number of hydrogen-bond acceptors (Lipinski definition) is 2. The summed E-state index contributed by atoms with van der Waals surface area (Å²) < 4.78 is 0. The van der Waals surface area contributed by atoms with Crippen LogP contribution in [0.4, 0.5) is 0 Å². The van der Waals surface area contributed by atoms with Crippen molar-refractivity contribution in [2.75, 3.05) is 0 Å². The predicted molar refractivity (Wildman–Crippen MR) is 61.5 cm³/mol. The van der Waals surface area contributed by atoms with Crippen LogP contribution in [0.15, 0.2) is 30.5 Å². The average Bonchev–Trinajstić information content (AvgIpc) is 2.73. The third kappa shape index (κ3) is 1.89. The molecule has 2 aromatic rings. The summed E-state index contributed by atoms with van der Waals surface area (Å²) in [5, 5.41) is 10.8. The number of rotatable bonds is 3. The number of nitrogens with one attached hydrogen (secondary N) is 1. The van der Waals surface area contributed by atoms with Crippen LogP contribution in [0.1, 0.15) is 24.9 Å². The van der Waals surface area contributed by atoms with Gasteiger partial charge in [0, 0.05) is 11.7 Å². The maximum Gasteiger partial charge on any atom is 0.0730 e. The van der Waals surface area contributed by atoms with E-state index in [-0.39, 0.29) is 6.04 Å². The fraction of sp³-hybridized carbons (Fsp3) is 0.333. The van der Waals surface area contributed by atoms with Crippen molar-refractivity contribution in [1.82, 2.24) is 4.98 Å². The first-order chi connectivity index (χ1) is 7.22. The van der Waals surface area contributed by atoms with Gasteiger partial charge in [0.1, 0.15) is 0 Å². The monoisotopic (exact) mass is 204 g/mol. The van der Waals surface area contributed by atoms with E-state index in [9.17, 15) is 5.11 Å². The molecule has 15 heavy (non-hydrogen) atoms. The van der Waals surface area contributed by atoms with Gasteiger partial charge in [-0.05, 0) is 29.5 Å². The van der Waals surface area contributed by atoms with Gasteiger partial charge in [0.25, 0.3) is 0 Å². The van der Waals surface area contributed by atoms with E-state index in [0.717, 1.165) is 16.5 Å². The van der Waals surface area contributed by atoms with Crippen LogP contribution in [0, 0.1) is 0 Å². The van der Waals surface area contributed by atoms with Gasteiger partial charge >= 0.3 is 0 Å². The molecule has 2 atom stereocenters. The second kappa shape index (κ2) is 4.04. The molecular formula is C12H16N2O. The molecule has 0 aliphatic rings. The summed E-state index contributed by atoms with van der Waals surface area (Å²) in [6, 6.07) is 7.70. The second-order valence-corrected chi connectivity index (χ2v) is 3.83. The van der Waals surface area contributed by atoms with Crippen LogP contribution in [0.25, 0.3) is 10.9 Å². The Hall–Kier alpha value is -1.32. The zero-order valence-electron chi connectivity index (χ0n) is 8.77. The lowest BCUT2D eigenvalue weighted by Gasteiger charge is -2.17. The summed E-state index contributed by atoms with van der Waals surface area (Å²) in [5.41, 5.74) is 7.98. The number of aliphatic hydroxyl groups excluding tert-OH is 1. The highest BCUT2D eigenvalue weighted by molar-refractivity contribution is 5.79. The molecule has 0 unspecified atom stereocenters. The van der Waals surface area contributed by atoms with E-state index in [2.05, 4.69) is 4.98 Å². The molecule has 3 nitrogen and oxygen atoms in total. The van der Waals surface area contributed by atoms with Gasteiger partial charge in [0.2, 0.25) is 0 Å². The molecule has 0 aliphatic carbocycles. The molecule has 1 heterocycles. The van der Waals surface area contributed by atoms with E-state index in [1.165, 1.54) is 0 Å². The number of hydrogen-bond donors (Lipinski definition) is 3. The summed E-state index contributed by atoms with van der Waals surface area (Å²) in [7, 11) is 0.